The van der Waals surface area contributed by atoms with Gasteiger partial charge >= 0.3 is 0 Å². The van der Waals surface area contributed by atoms with E-state index in [0.29, 0.717) is 0 Å². The molecule has 2 aromatic heterocycles. The summed E-state index contributed by atoms with van der Waals surface area (Å²) in [5.41, 5.74) is 2.56. The molecule has 0 amide bonds. The van der Waals surface area contributed by atoms with E-state index in [1.165, 1.54) is 29.1 Å². The highest BCUT2D eigenvalue weighted by Crippen LogP contribution is 2.25. The maximum Gasteiger partial charge on any atom is 0.185 e. The second-order valence-electron chi connectivity index (χ2n) is 6.80. The van der Waals surface area contributed by atoms with Gasteiger partial charge in [0, 0.05) is 18.3 Å². The molecule has 1 aromatic carbocycles. The molecular weight excluding hydrogens is 374 g/mol. The highest BCUT2D eigenvalue weighted by molar-refractivity contribution is 7.14. The fraction of sp³-hybridized carbons (Fsp3) is 0.381. The number of aromatic nitrogens is 1. The van der Waals surface area contributed by atoms with Crippen LogP contribution in [0, 0.1) is 0 Å². The van der Waals surface area contributed by atoms with Gasteiger partial charge in [0.25, 0.3) is 0 Å². The fourth-order valence-corrected chi connectivity index (χ4v) is 5.19. The third-order valence-corrected chi connectivity index (χ3v) is 6.72. The minimum absolute atomic E-state index is 0.736. The predicted octanol–water partition coefficient (Wildman–Crippen LogP) is 2.68. The molecule has 4 rings (SSSR count). The van der Waals surface area contributed by atoms with Crippen LogP contribution in [-0.2, 0) is 17.8 Å². The molecular formula is C21H26N3OS2+. The normalized spacial score (nSPS) is 16.1. The van der Waals surface area contributed by atoms with Crippen LogP contribution in [0.3, 0.4) is 0 Å². The van der Waals surface area contributed by atoms with Crippen molar-refractivity contribution in [1.82, 2.24) is 4.57 Å². The van der Waals surface area contributed by atoms with Gasteiger partial charge in [0.15, 0.2) is 4.80 Å². The summed E-state index contributed by atoms with van der Waals surface area (Å²) in [6.45, 7) is 7.04. The Morgan fingerprint density at radius 2 is 1.89 bits per heavy atom. The molecule has 0 unspecified atom stereocenters. The van der Waals surface area contributed by atoms with Gasteiger partial charge in [-0.3, -0.25) is 4.99 Å². The van der Waals surface area contributed by atoms with Crippen LogP contribution in [0.4, 0.5) is 0 Å². The lowest BCUT2D eigenvalue weighted by Gasteiger charge is -2.23. The maximum atomic E-state index is 5.48. The molecule has 1 fully saturated rings. The molecule has 0 spiro atoms. The van der Waals surface area contributed by atoms with Gasteiger partial charge < -0.3 is 14.2 Å². The Balaban J connectivity index is 1.52. The van der Waals surface area contributed by atoms with E-state index < -0.39 is 0 Å². The molecule has 6 heteroatoms. The molecule has 142 valence electrons. The number of benzene rings is 1. The lowest BCUT2D eigenvalue weighted by atomic mass is 10.2. The smallest absolute Gasteiger partial charge is 0.185 e. The number of quaternary nitrogens is 1. The SMILES string of the molecule is c1ccc(CN=c2scc(-c3cccs3)n2CCC[NH+]2CCOCC2)cc1. The van der Waals surface area contributed by atoms with Gasteiger partial charge in [0.05, 0.1) is 36.9 Å². The summed E-state index contributed by atoms with van der Waals surface area (Å²) in [6.07, 6.45) is 1.17. The molecule has 0 atom stereocenters. The molecule has 27 heavy (non-hydrogen) atoms. The quantitative estimate of drug-likeness (QED) is 0.650. The first-order valence-electron chi connectivity index (χ1n) is 9.58. The third-order valence-electron chi connectivity index (χ3n) is 4.92. The van der Waals surface area contributed by atoms with Crippen molar-refractivity contribution in [1.29, 1.82) is 0 Å². The Hall–Kier alpha value is -1.73. The van der Waals surface area contributed by atoms with E-state index in [-0.39, 0.29) is 0 Å². The second kappa shape index (κ2) is 9.46. The summed E-state index contributed by atoms with van der Waals surface area (Å²) in [5, 5.41) is 4.41. The van der Waals surface area contributed by atoms with E-state index in [9.17, 15) is 0 Å². The molecule has 3 heterocycles. The number of morpholine rings is 1. The number of hydrogen-bond donors (Lipinski definition) is 1. The second-order valence-corrected chi connectivity index (χ2v) is 8.58. The van der Waals surface area contributed by atoms with Crippen molar-refractivity contribution in [2.45, 2.75) is 19.5 Å². The summed E-state index contributed by atoms with van der Waals surface area (Å²) < 4.78 is 7.89. The van der Waals surface area contributed by atoms with Gasteiger partial charge in [-0.1, -0.05) is 36.4 Å². The molecule has 3 aromatic rings. The number of hydrogen-bond acceptors (Lipinski definition) is 4. The van der Waals surface area contributed by atoms with E-state index in [4.69, 9.17) is 9.73 Å². The summed E-state index contributed by atoms with van der Waals surface area (Å²) in [4.78, 5) is 9.05. The molecule has 1 saturated heterocycles. The Bertz CT molecular complexity index is 878. The lowest BCUT2D eigenvalue weighted by Crippen LogP contribution is -3.14. The largest absolute Gasteiger partial charge is 0.370 e. The van der Waals surface area contributed by atoms with E-state index in [0.717, 1.165) is 44.2 Å². The van der Waals surface area contributed by atoms with E-state index in [1.54, 1.807) is 27.6 Å². The van der Waals surface area contributed by atoms with Crippen LogP contribution in [-0.4, -0.2) is 37.4 Å². The van der Waals surface area contributed by atoms with Gasteiger partial charge in [-0.05, 0) is 17.0 Å². The van der Waals surface area contributed by atoms with Crippen LogP contribution in [0.2, 0.25) is 0 Å². The Kier molecular flexibility index (Phi) is 6.53. The van der Waals surface area contributed by atoms with Gasteiger partial charge in [0.2, 0.25) is 0 Å². The van der Waals surface area contributed by atoms with Crippen LogP contribution in [0.15, 0.2) is 58.2 Å². The van der Waals surface area contributed by atoms with Crippen molar-refractivity contribution in [3.63, 3.8) is 0 Å². The zero-order chi connectivity index (χ0) is 18.3. The summed E-state index contributed by atoms with van der Waals surface area (Å²) in [5.74, 6) is 0. The topological polar surface area (TPSA) is 31.0 Å². The van der Waals surface area contributed by atoms with Crippen LogP contribution in [0.25, 0.3) is 10.6 Å². The minimum Gasteiger partial charge on any atom is -0.370 e. The molecule has 0 aliphatic carbocycles. The number of ether oxygens (including phenoxy) is 1. The number of rotatable bonds is 7. The number of thiazole rings is 1. The first-order valence-corrected chi connectivity index (χ1v) is 11.3. The average Bonchev–Trinajstić information content (AvgIpc) is 3.38. The Labute approximate surface area is 168 Å². The first-order chi connectivity index (χ1) is 13.4. The standard InChI is InChI=1S/C21H25N3OS2/c1-2-6-18(7-3-1)16-22-21-24(10-5-9-23-11-13-25-14-12-23)19(17-27-21)20-8-4-15-26-20/h1-4,6-8,15,17H,5,9-14,16H2/p+1. The fourth-order valence-electron chi connectivity index (χ4n) is 3.43. The number of thiophene rings is 1. The molecule has 0 radical (unpaired) electrons. The average molecular weight is 401 g/mol. The van der Waals surface area contributed by atoms with Crippen molar-refractivity contribution < 1.29 is 9.64 Å². The maximum absolute atomic E-state index is 5.48. The highest BCUT2D eigenvalue weighted by atomic mass is 32.1. The van der Waals surface area contributed by atoms with Gasteiger partial charge in [0.1, 0.15) is 13.1 Å². The third kappa shape index (κ3) is 4.96. The monoisotopic (exact) mass is 400 g/mol. The van der Waals surface area contributed by atoms with Gasteiger partial charge in [-0.2, -0.15) is 0 Å². The zero-order valence-corrected chi connectivity index (χ0v) is 17.1. The molecule has 1 aliphatic rings. The van der Waals surface area contributed by atoms with Crippen LogP contribution in [0.5, 0.6) is 0 Å². The Morgan fingerprint density at radius 1 is 1.04 bits per heavy atom. The molecule has 1 N–H and O–H groups in total. The summed E-state index contributed by atoms with van der Waals surface area (Å²) >= 11 is 3.56. The van der Waals surface area contributed by atoms with Crippen molar-refractivity contribution >= 4 is 22.7 Å². The molecule has 1 aliphatic heterocycles. The zero-order valence-electron chi connectivity index (χ0n) is 15.5. The van der Waals surface area contributed by atoms with Crippen molar-refractivity contribution in [3.8, 4) is 10.6 Å². The van der Waals surface area contributed by atoms with Crippen LogP contribution >= 0.6 is 22.7 Å². The number of nitrogens with zero attached hydrogens (tertiary/aromatic N) is 2. The van der Waals surface area contributed by atoms with Gasteiger partial charge in [-0.15, -0.1) is 22.7 Å². The van der Waals surface area contributed by atoms with E-state index >= 15 is 0 Å². The minimum atomic E-state index is 0.736. The van der Waals surface area contributed by atoms with Crippen molar-refractivity contribution in [2.75, 3.05) is 32.8 Å². The van der Waals surface area contributed by atoms with Crippen molar-refractivity contribution in [2.24, 2.45) is 4.99 Å². The first kappa shape index (κ1) is 18.6. The number of nitrogens with one attached hydrogen (secondary N) is 1. The summed E-state index contributed by atoms with van der Waals surface area (Å²) in [7, 11) is 0. The van der Waals surface area contributed by atoms with E-state index in [2.05, 4.69) is 57.8 Å². The van der Waals surface area contributed by atoms with E-state index in [1.807, 2.05) is 0 Å². The predicted molar refractivity (Wildman–Crippen MR) is 112 cm³/mol. The molecule has 4 nitrogen and oxygen atoms in total. The molecule has 0 bridgehead atoms. The highest BCUT2D eigenvalue weighted by Gasteiger charge is 2.14. The Morgan fingerprint density at radius 3 is 2.67 bits per heavy atom. The van der Waals surface area contributed by atoms with Crippen LogP contribution in [0.1, 0.15) is 12.0 Å². The van der Waals surface area contributed by atoms with Crippen LogP contribution < -0.4 is 9.70 Å². The van der Waals surface area contributed by atoms with Gasteiger partial charge in [-0.25, -0.2) is 0 Å². The summed E-state index contributed by atoms with van der Waals surface area (Å²) in [6, 6.07) is 14.8. The van der Waals surface area contributed by atoms with Crippen molar-refractivity contribution in [3.05, 3.63) is 63.6 Å². The molecule has 0 saturated carbocycles. The lowest BCUT2D eigenvalue weighted by molar-refractivity contribution is -0.908.